The van der Waals surface area contributed by atoms with Gasteiger partial charge in [0, 0.05) is 42.8 Å². The fourth-order valence-electron chi connectivity index (χ4n) is 2.61. The standard InChI is InChI=1S/C14H20BrN3O/c1-17-14(19)10-4-6-18(7-5-10)13-3-2-12(15)8-11(13)9-16/h2-3,8,10H,4-7,9,16H2,1H3,(H,17,19). The van der Waals surface area contributed by atoms with E-state index >= 15 is 0 Å². The number of carbonyl (C=O) groups is 1. The highest BCUT2D eigenvalue weighted by molar-refractivity contribution is 9.10. The summed E-state index contributed by atoms with van der Waals surface area (Å²) in [6.07, 6.45) is 1.81. The lowest BCUT2D eigenvalue weighted by atomic mass is 9.95. The molecule has 1 aromatic carbocycles. The van der Waals surface area contributed by atoms with Crippen LogP contribution in [-0.4, -0.2) is 26.0 Å². The van der Waals surface area contributed by atoms with Crippen LogP contribution in [0.15, 0.2) is 22.7 Å². The molecule has 0 aromatic heterocycles. The van der Waals surface area contributed by atoms with E-state index in [9.17, 15) is 4.79 Å². The highest BCUT2D eigenvalue weighted by Crippen LogP contribution is 2.28. The van der Waals surface area contributed by atoms with Crippen molar-refractivity contribution < 1.29 is 4.79 Å². The number of halogens is 1. The second-order valence-electron chi connectivity index (χ2n) is 4.85. The number of amides is 1. The molecule has 1 saturated heterocycles. The smallest absolute Gasteiger partial charge is 0.222 e. The second-order valence-corrected chi connectivity index (χ2v) is 5.77. The minimum absolute atomic E-state index is 0.151. The first-order valence-corrected chi connectivity index (χ1v) is 7.40. The van der Waals surface area contributed by atoms with Crippen molar-refractivity contribution in [2.75, 3.05) is 25.0 Å². The highest BCUT2D eigenvalue weighted by Gasteiger charge is 2.25. The third-order valence-corrected chi connectivity index (χ3v) is 4.21. The molecule has 1 fully saturated rings. The average molecular weight is 326 g/mol. The predicted molar refractivity (Wildman–Crippen MR) is 81.0 cm³/mol. The van der Waals surface area contributed by atoms with Crippen LogP contribution in [0.25, 0.3) is 0 Å². The van der Waals surface area contributed by atoms with Gasteiger partial charge in [-0.2, -0.15) is 0 Å². The number of hydrogen-bond donors (Lipinski definition) is 2. The van der Waals surface area contributed by atoms with E-state index in [1.165, 1.54) is 5.69 Å². The summed E-state index contributed by atoms with van der Waals surface area (Å²) in [7, 11) is 1.70. The number of nitrogens with two attached hydrogens (primary N) is 1. The van der Waals surface area contributed by atoms with Gasteiger partial charge in [-0.05, 0) is 36.6 Å². The Bertz CT molecular complexity index is 456. The van der Waals surface area contributed by atoms with Gasteiger partial charge in [0.25, 0.3) is 0 Å². The Morgan fingerprint density at radius 1 is 1.47 bits per heavy atom. The minimum atomic E-state index is 0.151. The Morgan fingerprint density at radius 3 is 2.74 bits per heavy atom. The molecule has 0 unspecified atom stereocenters. The van der Waals surface area contributed by atoms with Crippen molar-refractivity contribution in [1.82, 2.24) is 5.32 Å². The van der Waals surface area contributed by atoms with Gasteiger partial charge in [0.2, 0.25) is 5.91 Å². The van der Waals surface area contributed by atoms with Crippen LogP contribution in [0.2, 0.25) is 0 Å². The topological polar surface area (TPSA) is 58.4 Å². The number of rotatable bonds is 3. The zero-order valence-electron chi connectivity index (χ0n) is 11.2. The van der Waals surface area contributed by atoms with E-state index in [4.69, 9.17) is 5.73 Å². The van der Waals surface area contributed by atoms with Gasteiger partial charge < -0.3 is 16.0 Å². The average Bonchev–Trinajstić information content (AvgIpc) is 2.46. The lowest BCUT2D eigenvalue weighted by Gasteiger charge is -2.34. The minimum Gasteiger partial charge on any atom is -0.371 e. The van der Waals surface area contributed by atoms with Crippen molar-refractivity contribution in [2.45, 2.75) is 19.4 Å². The number of hydrogen-bond acceptors (Lipinski definition) is 3. The van der Waals surface area contributed by atoms with E-state index < -0.39 is 0 Å². The molecule has 4 nitrogen and oxygen atoms in total. The summed E-state index contributed by atoms with van der Waals surface area (Å²) in [6, 6.07) is 6.21. The maximum absolute atomic E-state index is 11.6. The summed E-state index contributed by atoms with van der Waals surface area (Å²) in [5.74, 6) is 0.313. The van der Waals surface area contributed by atoms with Crippen LogP contribution in [0.5, 0.6) is 0 Å². The van der Waals surface area contributed by atoms with Crippen LogP contribution >= 0.6 is 15.9 Å². The van der Waals surface area contributed by atoms with Gasteiger partial charge in [-0.15, -0.1) is 0 Å². The quantitative estimate of drug-likeness (QED) is 0.892. The van der Waals surface area contributed by atoms with Crippen molar-refractivity contribution in [2.24, 2.45) is 11.7 Å². The Labute approximate surface area is 122 Å². The van der Waals surface area contributed by atoms with E-state index in [1.807, 2.05) is 6.07 Å². The van der Waals surface area contributed by atoms with Gasteiger partial charge in [-0.1, -0.05) is 15.9 Å². The molecule has 0 saturated carbocycles. The first-order chi connectivity index (χ1) is 9.15. The van der Waals surface area contributed by atoms with E-state index in [2.05, 4.69) is 38.3 Å². The molecule has 1 aliphatic rings. The normalized spacial score (nSPS) is 16.5. The van der Waals surface area contributed by atoms with Crippen molar-refractivity contribution in [3.8, 4) is 0 Å². The molecule has 2 rings (SSSR count). The molecule has 1 aromatic rings. The number of anilines is 1. The first-order valence-electron chi connectivity index (χ1n) is 6.60. The largest absolute Gasteiger partial charge is 0.371 e. The lowest BCUT2D eigenvalue weighted by molar-refractivity contribution is -0.125. The summed E-state index contributed by atoms with van der Waals surface area (Å²) in [4.78, 5) is 13.9. The van der Waals surface area contributed by atoms with Crippen molar-refractivity contribution in [1.29, 1.82) is 0 Å². The molecule has 3 N–H and O–H groups in total. The molecule has 19 heavy (non-hydrogen) atoms. The van der Waals surface area contributed by atoms with Gasteiger partial charge in [-0.3, -0.25) is 4.79 Å². The Morgan fingerprint density at radius 2 is 2.16 bits per heavy atom. The zero-order chi connectivity index (χ0) is 13.8. The number of benzene rings is 1. The number of nitrogens with zero attached hydrogens (tertiary/aromatic N) is 1. The van der Waals surface area contributed by atoms with Crippen LogP contribution in [0.1, 0.15) is 18.4 Å². The van der Waals surface area contributed by atoms with Crippen LogP contribution in [-0.2, 0) is 11.3 Å². The summed E-state index contributed by atoms with van der Waals surface area (Å²) in [6.45, 7) is 2.35. The summed E-state index contributed by atoms with van der Waals surface area (Å²) in [5, 5.41) is 2.74. The van der Waals surface area contributed by atoms with Crippen LogP contribution < -0.4 is 16.0 Å². The third kappa shape index (κ3) is 3.28. The van der Waals surface area contributed by atoms with Crippen molar-refractivity contribution in [3.63, 3.8) is 0 Å². The van der Waals surface area contributed by atoms with Gasteiger partial charge in [-0.25, -0.2) is 0 Å². The highest BCUT2D eigenvalue weighted by atomic mass is 79.9. The maximum Gasteiger partial charge on any atom is 0.222 e. The third-order valence-electron chi connectivity index (χ3n) is 3.71. The molecule has 0 bridgehead atoms. The molecular weight excluding hydrogens is 306 g/mol. The lowest BCUT2D eigenvalue weighted by Crippen LogP contribution is -2.40. The summed E-state index contributed by atoms with van der Waals surface area (Å²) < 4.78 is 1.05. The van der Waals surface area contributed by atoms with Crippen molar-refractivity contribution >= 4 is 27.5 Å². The molecule has 0 atom stereocenters. The Balaban J connectivity index is 2.07. The van der Waals surface area contributed by atoms with E-state index in [1.54, 1.807) is 7.05 Å². The van der Waals surface area contributed by atoms with E-state index in [-0.39, 0.29) is 11.8 Å². The molecule has 1 aliphatic heterocycles. The number of piperidine rings is 1. The van der Waals surface area contributed by atoms with Crippen LogP contribution in [0.4, 0.5) is 5.69 Å². The monoisotopic (exact) mass is 325 g/mol. The maximum atomic E-state index is 11.6. The van der Waals surface area contributed by atoms with E-state index in [0.29, 0.717) is 6.54 Å². The molecule has 1 amide bonds. The zero-order valence-corrected chi connectivity index (χ0v) is 12.7. The van der Waals surface area contributed by atoms with Crippen LogP contribution in [0, 0.1) is 5.92 Å². The van der Waals surface area contributed by atoms with Gasteiger partial charge in [0.05, 0.1) is 0 Å². The number of carbonyl (C=O) groups excluding carboxylic acids is 1. The molecule has 1 heterocycles. The first kappa shape index (κ1) is 14.3. The Kier molecular flexibility index (Phi) is 4.82. The van der Waals surface area contributed by atoms with Gasteiger partial charge in [0.15, 0.2) is 0 Å². The molecule has 0 radical (unpaired) electrons. The van der Waals surface area contributed by atoms with Crippen molar-refractivity contribution in [3.05, 3.63) is 28.2 Å². The van der Waals surface area contributed by atoms with E-state index in [0.717, 1.165) is 36.0 Å². The Hall–Kier alpha value is -1.07. The van der Waals surface area contributed by atoms with Crippen LogP contribution in [0.3, 0.4) is 0 Å². The summed E-state index contributed by atoms with van der Waals surface area (Å²) in [5.41, 5.74) is 8.15. The molecular formula is C14H20BrN3O. The molecule has 0 spiro atoms. The molecule has 104 valence electrons. The summed E-state index contributed by atoms with van der Waals surface area (Å²) >= 11 is 3.47. The van der Waals surface area contributed by atoms with Gasteiger partial charge >= 0.3 is 0 Å². The SMILES string of the molecule is CNC(=O)C1CCN(c2ccc(Br)cc2CN)CC1. The molecule has 0 aliphatic carbocycles. The predicted octanol–water partition coefficient (Wildman–Crippen LogP) is 1.87. The number of nitrogens with one attached hydrogen (secondary N) is 1. The molecule has 5 heteroatoms. The van der Waals surface area contributed by atoms with Gasteiger partial charge in [0.1, 0.15) is 0 Å². The fourth-order valence-corrected chi connectivity index (χ4v) is 3.02. The fraction of sp³-hybridized carbons (Fsp3) is 0.500. The second kappa shape index (κ2) is 6.39.